The third-order valence-electron chi connectivity index (χ3n) is 4.92. The van der Waals surface area contributed by atoms with Gasteiger partial charge in [-0.25, -0.2) is 0 Å². The molecule has 3 N–H and O–H groups in total. The summed E-state index contributed by atoms with van der Waals surface area (Å²) in [5.41, 5.74) is 5.92. The summed E-state index contributed by atoms with van der Waals surface area (Å²) in [5, 5.41) is 3.24. The maximum Gasteiger partial charge on any atom is 0.188 e. The van der Waals surface area contributed by atoms with Crippen LogP contribution in [0.4, 0.5) is 0 Å². The molecular formula is C18H38IN5O. The first-order valence-corrected chi connectivity index (χ1v) is 9.91. The molecule has 2 heterocycles. The van der Waals surface area contributed by atoms with E-state index in [4.69, 9.17) is 10.5 Å². The lowest BCUT2D eigenvalue weighted by Gasteiger charge is -2.26. The van der Waals surface area contributed by atoms with Crippen LogP contribution in [-0.2, 0) is 4.74 Å². The van der Waals surface area contributed by atoms with Crippen molar-refractivity contribution < 1.29 is 4.74 Å². The fourth-order valence-electron chi connectivity index (χ4n) is 3.41. The molecule has 0 saturated carbocycles. The molecule has 0 radical (unpaired) electrons. The van der Waals surface area contributed by atoms with E-state index < -0.39 is 0 Å². The van der Waals surface area contributed by atoms with Gasteiger partial charge in [-0.2, -0.15) is 0 Å². The van der Waals surface area contributed by atoms with E-state index in [0.29, 0.717) is 5.96 Å². The lowest BCUT2D eigenvalue weighted by Crippen LogP contribution is -2.37. The van der Waals surface area contributed by atoms with Crippen molar-refractivity contribution in [1.82, 2.24) is 15.1 Å². The lowest BCUT2D eigenvalue weighted by molar-refractivity contribution is 0.0377. The van der Waals surface area contributed by atoms with Gasteiger partial charge in [-0.1, -0.05) is 12.8 Å². The number of hydrogen-bond donors (Lipinski definition) is 2. The number of likely N-dealkylation sites (tertiary alicyclic amines) is 1. The highest BCUT2D eigenvalue weighted by molar-refractivity contribution is 14.0. The fraction of sp³-hybridized carbons (Fsp3) is 0.944. The van der Waals surface area contributed by atoms with Crippen molar-refractivity contribution in [1.29, 1.82) is 0 Å². The Balaban J connectivity index is 0.00000312. The van der Waals surface area contributed by atoms with Crippen LogP contribution in [0, 0.1) is 0 Å². The van der Waals surface area contributed by atoms with Gasteiger partial charge in [0.15, 0.2) is 5.96 Å². The largest absolute Gasteiger partial charge is 0.379 e. The van der Waals surface area contributed by atoms with Gasteiger partial charge in [0.25, 0.3) is 0 Å². The first-order valence-electron chi connectivity index (χ1n) is 9.91. The zero-order valence-corrected chi connectivity index (χ0v) is 18.1. The fourth-order valence-corrected chi connectivity index (χ4v) is 3.41. The van der Waals surface area contributed by atoms with E-state index >= 15 is 0 Å². The minimum Gasteiger partial charge on any atom is -0.379 e. The Morgan fingerprint density at radius 2 is 1.56 bits per heavy atom. The Hall–Kier alpha value is -0.120. The van der Waals surface area contributed by atoms with E-state index in [1.807, 2.05) is 0 Å². The maximum absolute atomic E-state index is 5.92. The first kappa shape index (κ1) is 22.9. The number of morpholine rings is 1. The Morgan fingerprint density at radius 1 is 0.880 bits per heavy atom. The third-order valence-corrected chi connectivity index (χ3v) is 4.92. The summed E-state index contributed by atoms with van der Waals surface area (Å²) in [6.07, 6.45) is 9.02. The van der Waals surface area contributed by atoms with Gasteiger partial charge in [-0.3, -0.25) is 9.89 Å². The Morgan fingerprint density at radius 3 is 2.32 bits per heavy atom. The molecule has 2 aliphatic rings. The topological polar surface area (TPSA) is 66.1 Å². The van der Waals surface area contributed by atoms with Crippen LogP contribution in [0.5, 0.6) is 0 Å². The monoisotopic (exact) mass is 467 g/mol. The van der Waals surface area contributed by atoms with Crippen molar-refractivity contribution in [2.45, 2.75) is 44.9 Å². The van der Waals surface area contributed by atoms with Crippen LogP contribution in [0.1, 0.15) is 44.9 Å². The average Bonchev–Trinajstić information content (AvgIpc) is 2.63. The van der Waals surface area contributed by atoms with Crippen LogP contribution < -0.4 is 11.1 Å². The molecule has 0 unspecified atom stereocenters. The number of ether oxygens (including phenoxy) is 1. The Kier molecular flexibility index (Phi) is 13.7. The van der Waals surface area contributed by atoms with Crippen LogP contribution in [0.3, 0.4) is 0 Å². The molecule has 0 atom stereocenters. The summed E-state index contributed by atoms with van der Waals surface area (Å²) in [4.78, 5) is 9.46. The second kappa shape index (κ2) is 15.0. The van der Waals surface area contributed by atoms with Gasteiger partial charge in [0.05, 0.1) is 13.2 Å². The number of nitrogens with zero attached hydrogens (tertiary/aromatic N) is 3. The van der Waals surface area contributed by atoms with Crippen LogP contribution in [-0.4, -0.2) is 81.3 Å². The summed E-state index contributed by atoms with van der Waals surface area (Å²) < 4.78 is 5.35. The van der Waals surface area contributed by atoms with E-state index in [1.165, 1.54) is 58.2 Å². The number of rotatable bonds is 10. The number of guanidine groups is 1. The maximum atomic E-state index is 5.92. The van der Waals surface area contributed by atoms with Crippen molar-refractivity contribution in [2.24, 2.45) is 10.7 Å². The van der Waals surface area contributed by atoms with Gasteiger partial charge >= 0.3 is 0 Å². The number of piperidine rings is 1. The molecule has 148 valence electrons. The number of unbranched alkanes of at least 4 members (excludes halogenated alkanes) is 2. The predicted octanol–water partition coefficient (Wildman–Crippen LogP) is 1.89. The number of hydrogen-bond acceptors (Lipinski definition) is 4. The zero-order valence-electron chi connectivity index (χ0n) is 15.8. The molecule has 2 rings (SSSR count). The summed E-state index contributed by atoms with van der Waals surface area (Å²) in [6.45, 7) is 10.6. The number of nitrogens with two attached hydrogens (primary N) is 1. The molecule has 0 aromatic carbocycles. The smallest absolute Gasteiger partial charge is 0.188 e. The first-order chi connectivity index (χ1) is 11.8. The normalized spacial score (nSPS) is 20.2. The molecule has 0 aliphatic carbocycles. The van der Waals surface area contributed by atoms with E-state index in [1.54, 1.807) is 0 Å². The molecular weight excluding hydrogens is 429 g/mol. The minimum absolute atomic E-state index is 0. The summed E-state index contributed by atoms with van der Waals surface area (Å²) in [7, 11) is 0. The van der Waals surface area contributed by atoms with Crippen molar-refractivity contribution in [2.75, 3.05) is 65.6 Å². The van der Waals surface area contributed by atoms with E-state index in [9.17, 15) is 0 Å². The Bertz CT molecular complexity index is 344. The highest BCUT2D eigenvalue weighted by Crippen LogP contribution is 2.09. The molecule has 7 heteroatoms. The van der Waals surface area contributed by atoms with Crippen LogP contribution in [0.25, 0.3) is 0 Å². The van der Waals surface area contributed by atoms with Gasteiger partial charge in [-0.05, 0) is 51.7 Å². The van der Waals surface area contributed by atoms with Crippen LogP contribution in [0.2, 0.25) is 0 Å². The zero-order chi connectivity index (χ0) is 16.9. The van der Waals surface area contributed by atoms with E-state index in [2.05, 4.69) is 20.1 Å². The molecule has 0 aromatic heterocycles. The quantitative estimate of drug-likeness (QED) is 0.222. The molecule has 2 fully saturated rings. The summed E-state index contributed by atoms with van der Waals surface area (Å²) >= 11 is 0. The van der Waals surface area contributed by atoms with E-state index in [0.717, 1.165) is 52.4 Å². The van der Waals surface area contributed by atoms with Gasteiger partial charge in [-0.15, -0.1) is 24.0 Å². The standard InChI is InChI=1S/C18H37N5O.HI/c19-18(21-9-7-13-23-14-16-24-17-15-23)20-8-3-1-4-10-22-11-5-2-6-12-22;/h1-17H2,(H3,19,20,21);1H. The van der Waals surface area contributed by atoms with Crippen molar-refractivity contribution in [3.8, 4) is 0 Å². The van der Waals surface area contributed by atoms with Crippen molar-refractivity contribution in [3.05, 3.63) is 0 Å². The lowest BCUT2D eigenvalue weighted by atomic mass is 10.1. The molecule has 25 heavy (non-hydrogen) atoms. The molecule has 2 saturated heterocycles. The average molecular weight is 467 g/mol. The van der Waals surface area contributed by atoms with Gasteiger partial charge in [0.1, 0.15) is 0 Å². The number of halogens is 1. The SMILES string of the molecule is I.NC(=NCCCN1CCOCC1)NCCCCCN1CCCCC1. The molecule has 0 amide bonds. The highest BCUT2D eigenvalue weighted by atomic mass is 127. The van der Waals surface area contributed by atoms with Crippen LogP contribution >= 0.6 is 24.0 Å². The molecule has 0 aromatic rings. The van der Waals surface area contributed by atoms with E-state index in [-0.39, 0.29) is 24.0 Å². The van der Waals surface area contributed by atoms with Crippen molar-refractivity contribution >= 4 is 29.9 Å². The van der Waals surface area contributed by atoms with Crippen molar-refractivity contribution in [3.63, 3.8) is 0 Å². The number of aliphatic imine (C=N–C) groups is 1. The van der Waals surface area contributed by atoms with Gasteiger partial charge in [0, 0.05) is 32.7 Å². The van der Waals surface area contributed by atoms with Crippen LogP contribution in [0.15, 0.2) is 4.99 Å². The predicted molar refractivity (Wildman–Crippen MR) is 116 cm³/mol. The summed E-state index contributed by atoms with van der Waals surface area (Å²) in [6, 6.07) is 0. The Labute approximate surface area is 170 Å². The minimum atomic E-state index is 0. The summed E-state index contributed by atoms with van der Waals surface area (Å²) in [5.74, 6) is 0.605. The van der Waals surface area contributed by atoms with Gasteiger partial charge in [0.2, 0.25) is 0 Å². The molecule has 0 bridgehead atoms. The second-order valence-corrected chi connectivity index (χ2v) is 6.96. The number of nitrogens with one attached hydrogen (secondary N) is 1. The molecule has 0 spiro atoms. The molecule has 2 aliphatic heterocycles. The van der Waals surface area contributed by atoms with Gasteiger partial charge < -0.3 is 20.7 Å². The second-order valence-electron chi connectivity index (χ2n) is 6.96. The molecule has 6 nitrogen and oxygen atoms in total. The third kappa shape index (κ3) is 11.2. The highest BCUT2D eigenvalue weighted by Gasteiger charge is 2.09.